The number of aliphatic hydroxyl groups excluding tert-OH is 1. The number of carbonyl (C=O) groups excluding carboxylic acids is 2. The van der Waals surface area contributed by atoms with E-state index in [1.807, 2.05) is 103 Å². The molecule has 19 heteroatoms. The minimum atomic E-state index is -0.457. The van der Waals surface area contributed by atoms with Crippen molar-refractivity contribution in [1.82, 2.24) is 0 Å². The molecule has 0 fully saturated rings. The van der Waals surface area contributed by atoms with Gasteiger partial charge < -0.3 is 30.6 Å². The van der Waals surface area contributed by atoms with Gasteiger partial charge in [0, 0.05) is 38.1 Å². The van der Waals surface area contributed by atoms with Gasteiger partial charge in [0.05, 0.1) is 66.4 Å². The number of aliphatic hydroxyl groups is 1. The van der Waals surface area contributed by atoms with Crippen LogP contribution in [0.5, 0.6) is 17.2 Å². The van der Waals surface area contributed by atoms with Gasteiger partial charge in [-0.15, -0.1) is 5.75 Å². The number of benzene rings is 7. The number of nitriles is 4. The average molecular weight is 1240 g/mol. The summed E-state index contributed by atoms with van der Waals surface area (Å²) in [5.41, 5.74) is 5.27. The molecule has 0 aliphatic carbocycles. The predicted molar refractivity (Wildman–Crippen MR) is 312 cm³/mol. The molecule has 0 aliphatic heterocycles. The van der Waals surface area contributed by atoms with Gasteiger partial charge in [0.2, 0.25) is 0 Å². The summed E-state index contributed by atoms with van der Waals surface area (Å²) < 4.78 is 19.9. The third kappa shape index (κ3) is 36.3. The van der Waals surface area contributed by atoms with Crippen molar-refractivity contribution in [3.05, 3.63) is 234 Å². The molecular formula is C60H54BrCl5N4NaO8-. The fourth-order valence-corrected chi connectivity index (χ4v) is 6.87. The molecule has 12 nitrogen and oxygen atoms in total. The van der Waals surface area contributed by atoms with Gasteiger partial charge in [-0.2, -0.15) is 21.0 Å². The molecule has 0 amide bonds. The van der Waals surface area contributed by atoms with Crippen molar-refractivity contribution in [3.63, 3.8) is 0 Å². The Bertz CT molecular complexity index is 2970. The number of hydrogen-bond donors (Lipinski definition) is 1. The molecule has 0 aliphatic rings. The van der Waals surface area contributed by atoms with E-state index in [1.54, 1.807) is 50.2 Å². The Morgan fingerprint density at radius 2 is 0.949 bits per heavy atom. The van der Waals surface area contributed by atoms with Crippen molar-refractivity contribution in [3.8, 4) is 41.5 Å². The van der Waals surface area contributed by atoms with Crippen LogP contribution >= 0.6 is 73.9 Å². The third-order valence-corrected chi connectivity index (χ3v) is 10.4. The van der Waals surface area contributed by atoms with Crippen LogP contribution in [0.4, 0.5) is 0 Å². The summed E-state index contributed by atoms with van der Waals surface area (Å²) >= 11 is 31.3. The van der Waals surface area contributed by atoms with Gasteiger partial charge in [-0.25, -0.2) is 4.79 Å². The predicted octanol–water partition coefficient (Wildman–Crippen LogP) is 11.7. The molecule has 0 heterocycles. The molecule has 1 N–H and O–H groups in total. The standard InChI is InChI=1S/C15H12ClNO.C11H10ClNO3.C8H10O.C8H8.C7H3Cl2N.C7H4ClNO.C4H7BrO2.Na.H/c16-14-8-13(11-17)9-15(10-14)18-7-6-12-4-2-1-3-5-12;1-2-15-11(14)7-16-10-4-8(6-13)3-9(12)5-10;9-7-6-8-4-2-1-3-5-8;1-2-8-6-4-3-5-7-8;8-6-1-5(4-10)2-7(9)3-6;8-6-1-5(4-9)2-7(10)3-6;1-2-7-4(6)3-5;;/h1-5,8-10H,6-7H2;3-5H,2,7H2,1H3;1-5,9H,6-7H2;2-7H,1H2;1-3H;1-3,10H;2-3H2,1H3;;/q;;;;;;;+1;-1/p-1. The summed E-state index contributed by atoms with van der Waals surface area (Å²) in [5.74, 6) is 0.111. The van der Waals surface area contributed by atoms with Gasteiger partial charge in [-0.3, -0.25) is 4.79 Å². The second-order valence-corrected chi connectivity index (χ2v) is 17.6. The summed E-state index contributed by atoms with van der Waals surface area (Å²) in [6, 6.07) is 56.1. The van der Waals surface area contributed by atoms with E-state index in [2.05, 4.69) is 50.2 Å². The maximum absolute atomic E-state index is 11.0. The molecule has 0 aromatic heterocycles. The molecule has 0 saturated carbocycles. The summed E-state index contributed by atoms with van der Waals surface area (Å²) in [6.07, 6.45) is 3.43. The number of ether oxygens (including phenoxy) is 4. The van der Waals surface area contributed by atoms with Crippen LogP contribution in [0.2, 0.25) is 25.1 Å². The van der Waals surface area contributed by atoms with Crippen LogP contribution in [0.3, 0.4) is 0 Å². The first kappa shape index (κ1) is 72.5. The molecule has 7 aromatic rings. The number of rotatable bonds is 13. The van der Waals surface area contributed by atoms with E-state index in [-0.39, 0.29) is 55.9 Å². The Morgan fingerprint density at radius 3 is 1.33 bits per heavy atom. The fourth-order valence-electron chi connectivity index (χ4n) is 5.51. The van der Waals surface area contributed by atoms with E-state index in [9.17, 15) is 14.7 Å². The van der Waals surface area contributed by atoms with E-state index >= 15 is 0 Å². The van der Waals surface area contributed by atoms with Crippen molar-refractivity contribution in [2.75, 3.05) is 38.4 Å². The quantitative estimate of drug-likeness (QED) is 0.0649. The molecule has 0 atom stereocenters. The second kappa shape index (κ2) is 45.3. The summed E-state index contributed by atoms with van der Waals surface area (Å²) in [6.45, 7) is 8.50. The van der Waals surface area contributed by atoms with Crippen LogP contribution < -0.4 is 44.1 Å². The first-order valence-electron chi connectivity index (χ1n) is 23.2. The van der Waals surface area contributed by atoms with E-state index in [0.717, 1.165) is 12.8 Å². The van der Waals surface area contributed by atoms with Crippen LogP contribution in [-0.4, -0.2) is 55.4 Å². The molecule has 0 unspecified atom stereocenters. The van der Waals surface area contributed by atoms with Gasteiger partial charge in [0.15, 0.2) is 6.61 Å². The topological polar surface area (TPSA) is 210 Å². The SMILES string of the molecule is C=Cc1ccccc1.CCOC(=O)CBr.CCOC(=O)COc1cc(Cl)cc(C#N)c1.N#Cc1cc(Cl)cc(Cl)c1.N#Cc1cc(Cl)cc(OCCc2ccccc2)c1.N#Cc1cc([O-])cc(Cl)c1.OCCc1ccccc1.[H-].[Na+]. The van der Waals surface area contributed by atoms with Crippen LogP contribution in [0.25, 0.3) is 6.08 Å². The monoisotopic (exact) mass is 1240 g/mol. The van der Waals surface area contributed by atoms with E-state index in [0.29, 0.717) is 84.0 Å². The van der Waals surface area contributed by atoms with Gasteiger partial charge in [-0.1, -0.05) is 190 Å². The second-order valence-electron chi connectivity index (χ2n) is 14.8. The first-order valence-corrected chi connectivity index (χ1v) is 26.2. The zero-order valence-electron chi connectivity index (χ0n) is 44.4. The number of alkyl halides is 1. The Labute approximate surface area is 519 Å². The molecule has 7 rings (SSSR count). The van der Waals surface area contributed by atoms with Crippen LogP contribution in [0.1, 0.15) is 54.2 Å². The van der Waals surface area contributed by atoms with E-state index in [4.69, 9.17) is 93.6 Å². The van der Waals surface area contributed by atoms with Crippen molar-refractivity contribution < 1.29 is 69.7 Å². The molecule has 79 heavy (non-hydrogen) atoms. The van der Waals surface area contributed by atoms with Crippen molar-refractivity contribution >= 4 is 91.9 Å². The van der Waals surface area contributed by atoms with E-state index < -0.39 is 5.97 Å². The Balaban J connectivity index is 0. The zero-order chi connectivity index (χ0) is 57.9. The number of halogens is 6. The minimum Gasteiger partial charge on any atom is -1.00 e. The fraction of sp³-hybridized carbons (Fsp3) is 0.167. The summed E-state index contributed by atoms with van der Waals surface area (Å²) in [4.78, 5) is 21.2. The van der Waals surface area contributed by atoms with Crippen LogP contribution in [0, 0.1) is 45.3 Å². The van der Waals surface area contributed by atoms with Crippen molar-refractivity contribution in [2.45, 2.75) is 26.7 Å². The van der Waals surface area contributed by atoms with Crippen LogP contribution in [-0.2, 0) is 31.9 Å². The Kier molecular flexibility index (Phi) is 41.6. The molecular weight excluding hydrogens is 1180 g/mol. The average Bonchev–Trinajstić information content (AvgIpc) is 3.43. The third-order valence-electron chi connectivity index (χ3n) is 8.85. The molecule has 0 saturated heterocycles. The smallest absolute Gasteiger partial charge is 1.00 e. The van der Waals surface area contributed by atoms with Gasteiger partial charge in [0.25, 0.3) is 0 Å². The number of nitrogens with zero attached hydrogens (tertiary/aromatic N) is 4. The molecule has 406 valence electrons. The maximum atomic E-state index is 11.0. The van der Waals surface area contributed by atoms with Crippen molar-refractivity contribution in [2.24, 2.45) is 0 Å². The Hall–Kier alpha value is -6.53. The molecule has 0 radical (unpaired) electrons. The molecule has 0 bridgehead atoms. The Morgan fingerprint density at radius 1 is 0.570 bits per heavy atom. The molecule has 0 spiro atoms. The number of esters is 2. The largest absolute Gasteiger partial charge is 1.00 e. The summed E-state index contributed by atoms with van der Waals surface area (Å²) in [7, 11) is 0. The molecule has 7 aromatic carbocycles. The number of carbonyl (C=O) groups is 2. The summed E-state index contributed by atoms with van der Waals surface area (Å²) in [5, 5.41) is 55.9. The van der Waals surface area contributed by atoms with Gasteiger partial charge in [-0.05, 0) is 97.6 Å². The minimum absolute atomic E-state index is 0. The number of hydrogen-bond acceptors (Lipinski definition) is 12. The van der Waals surface area contributed by atoms with Gasteiger partial charge >= 0.3 is 41.5 Å². The van der Waals surface area contributed by atoms with E-state index in [1.165, 1.54) is 53.1 Å². The zero-order valence-corrected chi connectivity index (χ0v) is 50.8. The maximum Gasteiger partial charge on any atom is 1.00 e. The normalized spacial score (nSPS) is 9.03. The van der Waals surface area contributed by atoms with Gasteiger partial charge in [0.1, 0.15) is 16.8 Å². The van der Waals surface area contributed by atoms with Crippen LogP contribution in [0.15, 0.2) is 170 Å². The van der Waals surface area contributed by atoms with Crippen molar-refractivity contribution in [1.29, 1.82) is 21.0 Å². The first-order chi connectivity index (χ1) is 37.5.